The lowest BCUT2D eigenvalue weighted by Crippen LogP contribution is -2.45. The maximum atomic E-state index is 10.9. The lowest BCUT2D eigenvalue weighted by atomic mass is 9.88. The zero-order valence-electron chi connectivity index (χ0n) is 9.40. The maximum Gasteiger partial charge on any atom is 0.293 e. The third kappa shape index (κ3) is 2.86. The van der Waals surface area contributed by atoms with E-state index in [0.29, 0.717) is 25.4 Å². The number of halogens is 1. The van der Waals surface area contributed by atoms with Gasteiger partial charge < -0.3 is 10.1 Å². The van der Waals surface area contributed by atoms with Crippen molar-refractivity contribution in [2.45, 2.75) is 6.92 Å². The van der Waals surface area contributed by atoms with Gasteiger partial charge in [-0.05, 0) is 34.7 Å². The maximum absolute atomic E-state index is 10.9. The number of hydrogen-bond donors (Lipinski definition) is 1. The number of rotatable bonds is 4. The summed E-state index contributed by atoms with van der Waals surface area (Å²) >= 11 is 2.07. The van der Waals surface area contributed by atoms with Crippen LogP contribution in [0.2, 0.25) is 0 Å². The number of nitro groups is 1. The quantitative estimate of drug-likeness (QED) is 0.516. The van der Waals surface area contributed by atoms with Gasteiger partial charge in [0, 0.05) is 21.6 Å². The largest absolute Gasteiger partial charge is 0.380 e. The zero-order chi connectivity index (χ0) is 12.5. The van der Waals surface area contributed by atoms with E-state index in [1.54, 1.807) is 12.1 Å². The summed E-state index contributed by atoms with van der Waals surface area (Å²) in [5.74, 6) is 0. The molecule has 1 N–H and O–H groups in total. The summed E-state index contributed by atoms with van der Waals surface area (Å²) in [5, 5.41) is 14.1. The van der Waals surface area contributed by atoms with Crippen LogP contribution in [0.4, 0.5) is 11.4 Å². The standard InChI is InChI=1S/C11H13IN2O3/c1-11(6-17-7-11)5-13-9-3-2-8(12)4-10(9)14(15)16/h2-4,13H,5-7H2,1H3. The molecule has 17 heavy (non-hydrogen) atoms. The van der Waals surface area contributed by atoms with Crippen LogP contribution in [-0.4, -0.2) is 24.7 Å². The second-order valence-corrected chi connectivity index (χ2v) is 5.82. The van der Waals surface area contributed by atoms with E-state index in [0.717, 1.165) is 3.57 Å². The summed E-state index contributed by atoms with van der Waals surface area (Å²) in [6.07, 6.45) is 0. The van der Waals surface area contributed by atoms with Crippen LogP contribution in [0, 0.1) is 19.1 Å². The molecule has 92 valence electrons. The Bertz CT molecular complexity index is 446. The number of nitrogens with zero attached hydrogens (tertiary/aromatic N) is 1. The van der Waals surface area contributed by atoms with E-state index >= 15 is 0 Å². The third-order valence-corrected chi connectivity index (χ3v) is 3.43. The van der Waals surface area contributed by atoms with E-state index in [1.807, 2.05) is 6.07 Å². The van der Waals surface area contributed by atoms with E-state index < -0.39 is 0 Å². The zero-order valence-corrected chi connectivity index (χ0v) is 11.6. The van der Waals surface area contributed by atoms with Crippen molar-refractivity contribution in [3.8, 4) is 0 Å². The monoisotopic (exact) mass is 348 g/mol. The van der Waals surface area contributed by atoms with Crippen LogP contribution in [0.3, 0.4) is 0 Å². The second kappa shape index (κ2) is 4.77. The minimum atomic E-state index is -0.357. The van der Waals surface area contributed by atoms with Gasteiger partial charge in [0.2, 0.25) is 0 Å². The lowest BCUT2D eigenvalue weighted by Gasteiger charge is -2.38. The van der Waals surface area contributed by atoms with Crippen LogP contribution >= 0.6 is 22.6 Å². The van der Waals surface area contributed by atoms with E-state index in [2.05, 4.69) is 34.8 Å². The molecule has 0 unspecified atom stereocenters. The summed E-state index contributed by atoms with van der Waals surface area (Å²) in [4.78, 5) is 10.6. The Labute approximate surface area is 113 Å². The van der Waals surface area contributed by atoms with Gasteiger partial charge in [0.15, 0.2) is 0 Å². The van der Waals surface area contributed by atoms with E-state index in [-0.39, 0.29) is 16.0 Å². The molecule has 1 aromatic carbocycles. The Morgan fingerprint density at radius 1 is 1.59 bits per heavy atom. The molecule has 0 atom stereocenters. The first-order valence-corrected chi connectivity index (χ1v) is 6.34. The molecule has 1 aliphatic heterocycles. The molecular weight excluding hydrogens is 335 g/mol. The normalized spacial score (nSPS) is 17.3. The van der Waals surface area contributed by atoms with Gasteiger partial charge >= 0.3 is 0 Å². The minimum absolute atomic E-state index is 0.0941. The number of nitrogens with one attached hydrogen (secondary N) is 1. The summed E-state index contributed by atoms with van der Waals surface area (Å²) in [5.41, 5.74) is 0.793. The second-order valence-electron chi connectivity index (χ2n) is 4.58. The van der Waals surface area contributed by atoms with Gasteiger partial charge in [0.25, 0.3) is 5.69 Å². The van der Waals surface area contributed by atoms with Gasteiger partial charge in [-0.25, -0.2) is 0 Å². The molecular formula is C11H13IN2O3. The van der Waals surface area contributed by atoms with Crippen molar-refractivity contribution >= 4 is 34.0 Å². The van der Waals surface area contributed by atoms with Crippen molar-refractivity contribution < 1.29 is 9.66 Å². The molecule has 1 saturated heterocycles. The van der Waals surface area contributed by atoms with Crippen LogP contribution in [0.25, 0.3) is 0 Å². The molecule has 0 aromatic heterocycles. The van der Waals surface area contributed by atoms with Crippen LogP contribution in [0.1, 0.15) is 6.92 Å². The number of ether oxygens (including phenoxy) is 1. The molecule has 0 aliphatic carbocycles. The van der Waals surface area contributed by atoms with Crippen LogP contribution in [0.5, 0.6) is 0 Å². The molecule has 5 nitrogen and oxygen atoms in total. The number of benzene rings is 1. The minimum Gasteiger partial charge on any atom is -0.380 e. The average Bonchev–Trinajstić information content (AvgIpc) is 2.24. The lowest BCUT2D eigenvalue weighted by molar-refractivity contribution is -0.384. The van der Waals surface area contributed by atoms with E-state index in [1.165, 1.54) is 0 Å². The summed E-state index contributed by atoms with van der Waals surface area (Å²) in [6, 6.07) is 5.18. The first kappa shape index (κ1) is 12.6. The summed E-state index contributed by atoms with van der Waals surface area (Å²) in [6.45, 7) is 4.20. The van der Waals surface area contributed by atoms with Crippen LogP contribution in [-0.2, 0) is 4.74 Å². The summed E-state index contributed by atoms with van der Waals surface area (Å²) < 4.78 is 6.01. The fourth-order valence-corrected chi connectivity index (χ4v) is 2.14. The number of hydrogen-bond acceptors (Lipinski definition) is 4. The molecule has 0 spiro atoms. The summed E-state index contributed by atoms with van der Waals surface area (Å²) in [7, 11) is 0. The Hall–Kier alpha value is -0.890. The van der Waals surface area contributed by atoms with Gasteiger partial charge in [-0.1, -0.05) is 6.92 Å². The van der Waals surface area contributed by atoms with Crippen molar-refractivity contribution in [3.05, 3.63) is 31.9 Å². The first-order valence-electron chi connectivity index (χ1n) is 5.26. The Kier molecular flexibility index (Phi) is 3.53. The average molecular weight is 348 g/mol. The van der Waals surface area contributed by atoms with Gasteiger partial charge in [0.1, 0.15) is 5.69 Å². The number of nitro benzene ring substituents is 1. The predicted octanol–water partition coefficient (Wildman–Crippen LogP) is 2.65. The fraction of sp³-hybridized carbons (Fsp3) is 0.455. The Balaban J connectivity index is 2.12. The molecule has 6 heteroatoms. The number of anilines is 1. The van der Waals surface area contributed by atoms with Crippen LogP contribution < -0.4 is 5.32 Å². The molecule has 1 aromatic rings. The van der Waals surface area contributed by atoms with Gasteiger partial charge in [0.05, 0.1) is 18.1 Å². The van der Waals surface area contributed by atoms with Gasteiger partial charge in [-0.3, -0.25) is 10.1 Å². The highest BCUT2D eigenvalue weighted by Crippen LogP contribution is 2.30. The third-order valence-electron chi connectivity index (χ3n) is 2.76. The highest BCUT2D eigenvalue weighted by atomic mass is 127. The van der Waals surface area contributed by atoms with E-state index in [9.17, 15) is 10.1 Å². The topological polar surface area (TPSA) is 64.4 Å². The van der Waals surface area contributed by atoms with Crippen LogP contribution in [0.15, 0.2) is 18.2 Å². The van der Waals surface area contributed by atoms with Gasteiger partial charge in [-0.2, -0.15) is 0 Å². The van der Waals surface area contributed by atoms with E-state index in [4.69, 9.17) is 4.74 Å². The van der Waals surface area contributed by atoms with Crippen molar-refractivity contribution in [1.29, 1.82) is 0 Å². The van der Waals surface area contributed by atoms with Crippen molar-refractivity contribution in [3.63, 3.8) is 0 Å². The molecule has 0 saturated carbocycles. The molecule has 0 radical (unpaired) electrons. The first-order chi connectivity index (χ1) is 8.00. The molecule has 0 amide bonds. The Morgan fingerprint density at radius 3 is 2.82 bits per heavy atom. The van der Waals surface area contributed by atoms with Crippen molar-refractivity contribution in [2.24, 2.45) is 5.41 Å². The smallest absolute Gasteiger partial charge is 0.293 e. The molecule has 1 heterocycles. The van der Waals surface area contributed by atoms with Crippen molar-refractivity contribution in [1.82, 2.24) is 0 Å². The van der Waals surface area contributed by atoms with Gasteiger partial charge in [-0.15, -0.1) is 0 Å². The molecule has 1 fully saturated rings. The highest BCUT2D eigenvalue weighted by Gasteiger charge is 2.33. The van der Waals surface area contributed by atoms with Crippen molar-refractivity contribution in [2.75, 3.05) is 25.1 Å². The highest BCUT2D eigenvalue weighted by molar-refractivity contribution is 14.1. The molecule has 1 aliphatic rings. The predicted molar refractivity (Wildman–Crippen MR) is 73.2 cm³/mol. The molecule has 0 bridgehead atoms. The SMILES string of the molecule is CC1(CNc2ccc(I)cc2[N+](=O)[O-])COC1. The molecule has 2 rings (SSSR count). The Morgan fingerprint density at radius 2 is 2.29 bits per heavy atom. The fourth-order valence-electron chi connectivity index (χ4n) is 1.67.